The van der Waals surface area contributed by atoms with Gasteiger partial charge in [-0.1, -0.05) is 6.07 Å². The van der Waals surface area contributed by atoms with Crippen molar-refractivity contribution in [3.63, 3.8) is 0 Å². The molecule has 1 heterocycles. The van der Waals surface area contributed by atoms with E-state index in [9.17, 15) is 21.6 Å². The van der Waals surface area contributed by atoms with Gasteiger partial charge in [-0.25, -0.2) is 0 Å². The van der Waals surface area contributed by atoms with Gasteiger partial charge in [-0.05, 0) is 17.7 Å². The molecule has 2 rings (SSSR count). The summed E-state index contributed by atoms with van der Waals surface area (Å²) in [5.41, 5.74) is 0.350. The van der Waals surface area contributed by atoms with E-state index in [4.69, 9.17) is 11.0 Å². The van der Waals surface area contributed by atoms with Gasteiger partial charge in [0.2, 0.25) is 0 Å². The minimum absolute atomic E-state index is 0.0650. The van der Waals surface area contributed by atoms with Crippen molar-refractivity contribution in [2.75, 3.05) is 10.8 Å². The number of fused-ring (bicyclic) bond motifs is 1. The predicted molar refractivity (Wildman–Crippen MR) is 60.4 cm³/mol. The summed E-state index contributed by atoms with van der Waals surface area (Å²) in [6.45, 7) is -0.494. The van der Waals surface area contributed by atoms with Crippen LogP contribution in [0.2, 0.25) is 0 Å². The van der Waals surface area contributed by atoms with Gasteiger partial charge in [-0.15, -0.1) is 0 Å². The molecule has 0 unspecified atom stereocenters. The number of nitrogens with two attached hydrogens (primary N) is 1. The molecular weight excluding hydrogens is 283 g/mol. The minimum atomic E-state index is -5.50. The number of rotatable bonds is 1. The van der Waals surface area contributed by atoms with Crippen LogP contribution in [0, 0.1) is 11.3 Å². The van der Waals surface area contributed by atoms with Crippen LogP contribution in [0.25, 0.3) is 0 Å². The summed E-state index contributed by atoms with van der Waals surface area (Å²) in [4.78, 5) is 0. The summed E-state index contributed by atoms with van der Waals surface area (Å²) in [7, 11) is -5.50. The highest BCUT2D eigenvalue weighted by Crippen LogP contribution is 2.40. The highest BCUT2D eigenvalue weighted by Gasteiger charge is 2.52. The summed E-state index contributed by atoms with van der Waals surface area (Å²) < 4.78 is 60.7. The maximum absolute atomic E-state index is 12.6. The fourth-order valence-electron chi connectivity index (χ4n) is 1.87. The van der Waals surface area contributed by atoms with Crippen LogP contribution in [0.3, 0.4) is 0 Å². The van der Waals surface area contributed by atoms with E-state index in [-0.39, 0.29) is 21.1 Å². The van der Waals surface area contributed by atoms with Crippen LogP contribution >= 0.6 is 0 Å². The van der Waals surface area contributed by atoms with Gasteiger partial charge in [0.15, 0.2) is 0 Å². The molecule has 0 aromatic heterocycles. The van der Waals surface area contributed by atoms with Crippen molar-refractivity contribution < 1.29 is 21.6 Å². The second-order valence-electron chi connectivity index (χ2n) is 3.97. The standard InChI is InChI=1S/C10H8F3N3O2S/c11-10(12,13)19(17,18)16-5-8(15)7-2-1-6(4-14)3-9(7)16/h1-3,8H,5,15H2/t8-/m1/s1. The van der Waals surface area contributed by atoms with Gasteiger partial charge in [0, 0.05) is 0 Å². The molecule has 0 amide bonds. The van der Waals surface area contributed by atoms with Crippen LogP contribution in [0.1, 0.15) is 17.2 Å². The van der Waals surface area contributed by atoms with E-state index in [0.717, 1.165) is 6.07 Å². The summed E-state index contributed by atoms with van der Waals surface area (Å²) in [6.07, 6.45) is 0. The number of nitrogens with zero attached hydrogens (tertiary/aromatic N) is 2. The lowest BCUT2D eigenvalue weighted by Gasteiger charge is -2.20. The van der Waals surface area contributed by atoms with Crippen LogP contribution in [-0.4, -0.2) is 20.5 Å². The van der Waals surface area contributed by atoms with E-state index in [1.807, 2.05) is 0 Å². The third-order valence-electron chi connectivity index (χ3n) is 2.77. The summed E-state index contributed by atoms with van der Waals surface area (Å²) >= 11 is 0. The lowest BCUT2D eigenvalue weighted by atomic mass is 10.1. The monoisotopic (exact) mass is 291 g/mol. The molecule has 0 fully saturated rings. The first-order valence-electron chi connectivity index (χ1n) is 5.07. The molecule has 9 heteroatoms. The summed E-state index contributed by atoms with van der Waals surface area (Å²) in [5.74, 6) is 0. The van der Waals surface area contributed by atoms with Gasteiger partial charge in [-0.2, -0.15) is 26.9 Å². The first-order valence-corrected chi connectivity index (χ1v) is 6.51. The topological polar surface area (TPSA) is 87.2 Å². The van der Waals surface area contributed by atoms with Gasteiger partial charge >= 0.3 is 15.5 Å². The van der Waals surface area contributed by atoms with Gasteiger partial charge < -0.3 is 5.73 Å². The maximum Gasteiger partial charge on any atom is 0.516 e. The number of benzene rings is 1. The molecule has 19 heavy (non-hydrogen) atoms. The number of hydrogen-bond donors (Lipinski definition) is 1. The van der Waals surface area contributed by atoms with Crippen molar-refractivity contribution >= 4 is 15.7 Å². The van der Waals surface area contributed by atoms with Crippen molar-refractivity contribution in [1.29, 1.82) is 5.26 Å². The molecule has 2 N–H and O–H groups in total. The largest absolute Gasteiger partial charge is 0.516 e. The lowest BCUT2D eigenvalue weighted by molar-refractivity contribution is -0.0438. The second kappa shape index (κ2) is 4.11. The highest BCUT2D eigenvalue weighted by molar-refractivity contribution is 7.93. The summed E-state index contributed by atoms with van der Waals surface area (Å²) in [6, 6.07) is 4.72. The Kier molecular flexibility index (Phi) is 2.95. The third-order valence-corrected chi connectivity index (χ3v) is 4.28. The predicted octanol–water partition coefficient (Wildman–Crippen LogP) is 1.23. The Balaban J connectivity index is 2.59. The molecule has 5 nitrogen and oxygen atoms in total. The summed E-state index contributed by atoms with van der Waals surface area (Å²) in [5, 5.41) is 8.71. The molecule has 1 aliphatic rings. The molecule has 0 spiro atoms. The normalized spacial score (nSPS) is 19.1. The zero-order chi connectivity index (χ0) is 14.4. The van der Waals surface area contributed by atoms with Crippen LogP contribution < -0.4 is 10.0 Å². The number of halogens is 3. The second-order valence-corrected chi connectivity index (χ2v) is 5.83. The molecule has 0 saturated heterocycles. The number of hydrogen-bond acceptors (Lipinski definition) is 4. The van der Waals surface area contributed by atoms with Gasteiger partial charge in [-0.3, -0.25) is 4.31 Å². The quantitative estimate of drug-likeness (QED) is 0.843. The molecule has 1 aromatic rings. The number of anilines is 1. The van der Waals surface area contributed by atoms with Crippen molar-refractivity contribution in [2.24, 2.45) is 5.73 Å². The van der Waals surface area contributed by atoms with Crippen molar-refractivity contribution in [1.82, 2.24) is 0 Å². The molecule has 1 aromatic carbocycles. The Bertz CT molecular complexity index is 664. The average molecular weight is 291 g/mol. The minimum Gasteiger partial charge on any atom is -0.322 e. The zero-order valence-electron chi connectivity index (χ0n) is 9.35. The number of alkyl halides is 3. The van der Waals surface area contributed by atoms with Crippen molar-refractivity contribution in [2.45, 2.75) is 11.6 Å². The van der Waals surface area contributed by atoms with E-state index in [2.05, 4.69) is 0 Å². The number of sulfonamides is 1. The van der Waals surface area contributed by atoms with Gasteiger partial charge in [0.25, 0.3) is 0 Å². The van der Waals surface area contributed by atoms with E-state index < -0.39 is 28.1 Å². The van der Waals surface area contributed by atoms with Crippen LogP contribution in [0.5, 0.6) is 0 Å². The van der Waals surface area contributed by atoms with Crippen LogP contribution in [-0.2, 0) is 10.0 Å². The molecule has 1 aliphatic heterocycles. The SMILES string of the molecule is N#Cc1ccc2c(c1)N(S(=O)(=O)C(F)(F)F)C[C@H]2N. The van der Waals surface area contributed by atoms with Crippen molar-refractivity contribution in [3.8, 4) is 6.07 Å². The Morgan fingerprint density at radius 2 is 2.05 bits per heavy atom. The first kappa shape index (κ1) is 13.6. The Hall–Kier alpha value is -1.79. The molecule has 0 saturated carbocycles. The molecule has 0 bridgehead atoms. The third kappa shape index (κ3) is 2.02. The first-order chi connectivity index (χ1) is 8.68. The molecular formula is C10H8F3N3O2S. The van der Waals surface area contributed by atoms with E-state index in [1.54, 1.807) is 6.07 Å². The zero-order valence-corrected chi connectivity index (χ0v) is 10.2. The maximum atomic E-state index is 12.6. The molecule has 0 radical (unpaired) electrons. The molecule has 1 atom stereocenters. The van der Waals surface area contributed by atoms with E-state index in [1.165, 1.54) is 12.1 Å². The van der Waals surface area contributed by atoms with Crippen LogP contribution in [0.4, 0.5) is 18.9 Å². The molecule has 0 aliphatic carbocycles. The average Bonchev–Trinajstić information content (AvgIpc) is 2.65. The van der Waals surface area contributed by atoms with Crippen LogP contribution in [0.15, 0.2) is 18.2 Å². The fourth-order valence-corrected chi connectivity index (χ4v) is 2.89. The highest BCUT2D eigenvalue weighted by atomic mass is 32.2. The molecule has 102 valence electrons. The fraction of sp³-hybridized carbons (Fsp3) is 0.300. The Morgan fingerprint density at radius 1 is 1.42 bits per heavy atom. The van der Waals surface area contributed by atoms with E-state index >= 15 is 0 Å². The smallest absolute Gasteiger partial charge is 0.322 e. The van der Waals surface area contributed by atoms with E-state index in [0.29, 0.717) is 0 Å². The lowest BCUT2D eigenvalue weighted by Crippen LogP contribution is -2.40. The van der Waals surface area contributed by atoms with Gasteiger partial charge in [0.05, 0.1) is 29.9 Å². The number of nitriles is 1. The Morgan fingerprint density at radius 3 is 2.58 bits per heavy atom. The Labute approximate surface area is 107 Å². The van der Waals surface area contributed by atoms with Crippen molar-refractivity contribution in [3.05, 3.63) is 29.3 Å². The van der Waals surface area contributed by atoms with Gasteiger partial charge in [0.1, 0.15) is 0 Å².